The number of nitrogens with zero attached hydrogens (tertiary/aromatic N) is 5. The molecule has 0 spiro atoms. The first-order chi connectivity index (χ1) is 14.9. The molecule has 30 heavy (non-hydrogen) atoms. The molecule has 0 amide bonds. The highest BCUT2D eigenvalue weighted by atomic mass is 15.3. The Morgan fingerprint density at radius 1 is 0.767 bits per heavy atom. The normalized spacial score (nSPS) is 17.5. The van der Waals surface area contributed by atoms with Gasteiger partial charge in [0, 0.05) is 48.7 Å². The largest absolute Gasteiger partial charge is 0.355 e. The Morgan fingerprint density at radius 3 is 2.00 bits per heavy atom. The Morgan fingerprint density at radius 2 is 1.37 bits per heavy atom. The Hall–Kier alpha value is -2.69. The van der Waals surface area contributed by atoms with Crippen molar-refractivity contribution in [1.29, 1.82) is 0 Å². The van der Waals surface area contributed by atoms with Crippen molar-refractivity contribution < 1.29 is 0 Å². The van der Waals surface area contributed by atoms with Gasteiger partial charge in [-0.3, -0.25) is 4.98 Å². The smallest absolute Gasteiger partial charge is 0.160 e. The first-order valence-corrected chi connectivity index (χ1v) is 11.6. The monoisotopic (exact) mass is 401 g/mol. The van der Waals surface area contributed by atoms with Gasteiger partial charge in [0.1, 0.15) is 0 Å². The molecule has 2 fully saturated rings. The van der Waals surface area contributed by atoms with E-state index in [1.54, 1.807) is 0 Å². The lowest BCUT2D eigenvalue weighted by Crippen LogP contribution is -2.33. The van der Waals surface area contributed by atoms with E-state index in [9.17, 15) is 0 Å². The van der Waals surface area contributed by atoms with Gasteiger partial charge < -0.3 is 9.80 Å². The van der Waals surface area contributed by atoms with Gasteiger partial charge in [-0.15, -0.1) is 10.2 Å². The lowest BCUT2D eigenvalue weighted by Gasteiger charge is -2.32. The number of fused-ring (bicyclic) bond motifs is 1. The van der Waals surface area contributed by atoms with Crippen molar-refractivity contribution >= 4 is 22.4 Å². The van der Waals surface area contributed by atoms with Gasteiger partial charge in [0.05, 0.1) is 5.69 Å². The second kappa shape index (κ2) is 8.58. The Balaban J connectivity index is 1.74. The molecular formula is C25H31N5. The fourth-order valence-corrected chi connectivity index (χ4v) is 5.03. The number of benzene rings is 1. The van der Waals surface area contributed by atoms with Crippen LogP contribution < -0.4 is 9.80 Å². The van der Waals surface area contributed by atoms with Crippen LogP contribution in [0.4, 0.5) is 11.6 Å². The van der Waals surface area contributed by atoms with Crippen LogP contribution in [0.2, 0.25) is 0 Å². The molecule has 5 heteroatoms. The minimum atomic E-state index is 0.931. The minimum Gasteiger partial charge on any atom is -0.355 e. The number of piperidine rings is 2. The summed E-state index contributed by atoms with van der Waals surface area (Å²) >= 11 is 0. The summed E-state index contributed by atoms with van der Waals surface area (Å²) in [6, 6.07) is 10.6. The van der Waals surface area contributed by atoms with E-state index in [0.29, 0.717) is 0 Å². The second-order valence-corrected chi connectivity index (χ2v) is 8.54. The molecule has 2 aromatic heterocycles. The van der Waals surface area contributed by atoms with Crippen molar-refractivity contribution in [3.8, 4) is 11.3 Å². The zero-order valence-corrected chi connectivity index (χ0v) is 18.0. The molecule has 2 saturated heterocycles. The van der Waals surface area contributed by atoms with Crippen LogP contribution in [0, 0.1) is 0 Å². The average Bonchev–Trinajstić information content (AvgIpc) is 2.84. The average molecular weight is 402 g/mol. The highest BCUT2D eigenvalue weighted by Crippen LogP contribution is 2.38. The van der Waals surface area contributed by atoms with Crippen molar-refractivity contribution in [1.82, 2.24) is 15.2 Å². The number of hydrogen-bond acceptors (Lipinski definition) is 5. The predicted molar refractivity (Wildman–Crippen MR) is 124 cm³/mol. The van der Waals surface area contributed by atoms with Gasteiger partial charge in [-0.1, -0.05) is 37.3 Å². The number of aromatic nitrogens is 3. The van der Waals surface area contributed by atoms with Crippen molar-refractivity contribution in [3.05, 3.63) is 42.1 Å². The van der Waals surface area contributed by atoms with Crippen LogP contribution in [0.1, 0.15) is 51.0 Å². The zero-order chi connectivity index (χ0) is 20.3. The van der Waals surface area contributed by atoms with E-state index in [1.807, 2.05) is 0 Å². The Labute approximate surface area is 179 Å². The maximum atomic E-state index is 4.98. The van der Waals surface area contributed by atoms with Crippen LogP contribution in [0.25, 0.3) is 22.0 Å². The number of pyridine rings is 1. The minimum absolute atomic E-state index is 0.931. The standard InChI is InChI=1S/C25H31N5/c1-2-20-22-21(18-26-23(20)19-12-6-3-7-13-19)24(29-14-8-4-9-15-29)27-28-25(22)30-16-10-5-11-17-30/h3,6-7,12-13,18H,2,4-5,8-11,14-17H2,1H3. The van der Waals surface area contributed by atoms with E-state index in [4.69, 9.17) is 15.2 Å². The van der Waals surface area contributed by atoms with Crippen LogP contribution in [0.5, 0.6) is 0 Å². The van der Waals surface area contributed by atoms with Gasteiger partial charge in [-0.25, -0.2) is 0 Å². The van der Waals surface area contributed by atoms with Gasteiger partial charge in [-0.2, -0.15) is 0 Å². The van der Waals surface area contributed by atoms with Gasteiger partial charge in [0.15, 0.2) is 11.6 Å². The molecule has 2 aliphatic rings. The summed E-state index contributed by atoms with van der Waals surface area (Å²) in [5.74, 6) is 2.08. The number of anilines is 2. The third kappa shape index (κ3) is 3.51. The van der Waals surface area contributed by atoms with E-state index in [1.165, 1.54) is 60.4 Å². The lowest BCUT2D eigenvalue weighted by molar-refractivity contribution is 0.566. The maximum Gasteiger partial charge on any atom is 0.160 e. The third-order valence-electron chi connectivity index (χ3n) is 6.60. The summed E-state index contributed by atoms with van der Waals surface area (Å²) < 4.78 is 0. The van der Waals surface area contributed by atoms with Crippen LogP contribution >= 0.6 is 0 Å². The summed E-state index contributed by atoms with van der Waals surface area (Å²) in [7, 11) is 0. The summed E-state index contributed by atoms with van der Waals surface area (Å²) in [5.41, 5.74) is 3.56. The summed E-state index contributed by atoms with van der Waals surface area (Å²) in [4.78, 5) is 9.85. The number of rotatable bonds is 4. The van der Waals surface area contributed by atoms with Crippen molar-refractivity contribution in [2.75, 3.05) is 36.0 Å². The van der Waals surface area contributed by atoms with Crippen molar-refractivity contribution in [2.45, 2.75) is 51.9 Å². The molecule has 0 bridgehead atoms. The maximum absolute atomic E-state index is 4.98. The first-order valence-electron chi connectivity index (χ1n) is 11.6. The number of hydrogen-bond donors (Lipinski definition) is 0. The molecule has 0 radical (unpaired) electrons. The summed E-state index contributed by atoms with van der Waals surface area (Å²) in [6.45, 7) is 6.51. The zero-order valence-electron chi connectivity index (χ0n) is 18.0. The molecule has 4 heterocycles. The SMILES string of the molecule is CCc1c(-c2ccccc2)ncc2c(N3CCCCC3)nnc(N3CCCCC3)c12. The summed E-state index contributed by atoms with van der Waals surface area (Å²) in [5, 5.41) is 12.1. The summed E-state index contributed by atoms with van der Waals surface area (Å²) in [6.07, 6.45) is 10.5. The molecule has 5 nitrogen and oxygen atoms in total. The predicted octanol–water partition coefficient (Wildman–Crippen LogP) is 5.23. The van der Waals surface area contributed by atoms with E-state index in [2.05, 4.69) is 53.3 Å². The van der Waals surface area contributed by atoms with Crippen molar-refractivity contribution in [3.63, 3.8) is 0 Å². The molecule has 3 aromatic rings. The Kier molecular flexibility index (Phi) is 5.52. The van der Waals surface area contributed by atoms with E-state index in [-0.39, 0.29) is 0 Å². The molecule has 0 N–H and O–H groups in total. The van der Waals surface area contributed by atoms with Crippen LogP contribution in [-0.4, -0.2) is 41.4 Å². The highest BCUT2D eigenvalue weighted by molar-refractivity contribution is 6.03. The topological polar surface area (TPSA) is 45.2 Å². The van der Waals surface area contributed by atoms with Gasteiger partial charge in [0.2, 0.25) is 0 Å². The molecule has 5 rings (SSSR count). The van der Waals surface area contributed by atoms with Gasteiger partial charge in [-0.05, 0) is 50.5 Å². The van der Waals surface area contributed by atoms with E-state index in [0.717, 1.165) is 49.9 Å². The molecule has 0 saturated carbocycles. The fraction of sp³-hybridized carbons (Fsp3) is 0.480. The molecule has 0 unspecified atom stereocenters. The van der Waals surface area contributed by atoms with Gasteiger partial charge in [0.25, 0.3) is 0 Å². The molecule has 156 valence electrons. The van der Waals surface area contributed by atoms with Crippen molar-refractivity contribution in [2.24, 2.45) is 0 Å². The first kappa shape index (κ1) is 19.3. The van der Waals surface area contributed by atoms with Crippen LogP contribution in [-0.2, 0) is 6.42 Å². The molecule has 1 aromatic carbocycles. The van der Waals surface area contributed by atoms with Gasteiger partial charge >= 0.3 is 0 Å². The van der Waals surface area contributed by atoms with E-state index >= 15 is 0 Å². The lowest BCUT2D eigenvalue weighted by atomic mass is 9.97. The quantitative estimate of drug-likeness (QED) is 0.599. The molecule has 0 aliphatic carbocycles. The second-order valence-electron chi connectivity index (χ2n) is 8.54. The third-order valence-corrected chi connectivity index (χ3v) is 6.60. The Bertz CT molecular complexity index is 1000. The number of aryl methyl sites for hydroxylation is 1. The fourth-order valence-electron chi connectivity index (χ4n) is 5.03. The van der Waals surface area contributed by atoms with E-state index < -0.39 is 0 Å². The molecule has 2 aliphatic heterocycles. The highest BCUT2D eigenvalue weighted by Gasteiger charge is 2.24. The van der Waals surface area contributed by atoms with Crippen LogP contribution in [0.3, 0.4) is 0 Å². The van der Waals surface area contributed by atoms with Crippen LogP contribution in [0.15, 0.2) is 36.5 Å². The molecule has 0 atom stereocenters. The molecular weight excluding hydrogens is 370 g/mol.